The van der Waals surface area contributed by atoms with Crippen LogP contribution in [-0.2, 0) is 11.3 Å². The van der Waals surface area contributed by atoms with Gasteiger partial charge in [-0.2, -0.15) is 0 Å². The summed E-state index contributed by atoms with van der Waals surface area (Å²) >= 11 is 0. The van der Waals surface area contributed by atoms with Crippen LogP contribution in [0, 0.1) is 0 Å². The number of benzene rings is 1. The minimum Gasteiger partial charge on any atom is -0.504 e. The molecule has 0 bridgehead atoms. The molecule has 2 aromatic heterocycles. The maximum Gasteiger partial charge on any atom is 0.167 e. The molecule has 1 aliphatic rings. The van der Waals surface area contributed by atoms with E-state index >= 15 is 0 Å². The van der Waals surface area contributed by atoms with Gasteiger partial charge in [0.05, 0.1) is 26.1 Å². The smallest absolute Gasteiger partial charge is 0.167 e. The number of nitrogens with one attached hydrogen (secondary N) is 1. The number of aliphatic hydroxyl groups is 2. The summed E-state index contributed by atoms with van der Waals surface area (Å²) in [5.74, 6) is 1.02. The fourth-order valence-corrected chi connectivity index (χ4v) is 3.26. The van der Waals surface area contributed by atoms with E-state index in [0.29, 0.717) is 35.7 Å². The van der Waals surface area contributed by atoms with Crippen molar-refractivity contribution >= 4 is 17.0 Å². The van der Waals surface area contributed by atoms with Gasteiger partial charge in [0.1, 0.15) is 18.7 Å². The molecule has 1 aliphatic heterocycles. The van der Waals surface area contributed by atoms with Crippen LogP contribution in [0.3, 0.4) is 0 Å². The summed E-state index contributed by atoms with van der Waals surface area (Å²) in [5.41, 5.74) is 2.03. The van der Waals surface area contributed by atoms with E-state index in [1.165, 1.54) is 13.4 Å². The van der Waals surface area contributed by atoms with Gasteiger partial charge in [-0.25, -0.2) is 15.0 Å². The summed E-state index contributed by atoms with van der Waals surface area (Å²) in [6.07, 6.45) is 1.54. The number of aliphatic hydroxyl groups excluding tert-OH is 2. The number of hydrogen-bond donors (Lipinski definition) is 4. The molecule has 1 fully saturated rings. The van der Waals surface area contributed by atoms with E-state index in [0.717, 1.165) is 5.56 Å². The van der Waals surface area contributed by atoms with E-state index in [1.807, 2.05) is 0 Å². The van der Waals surface area contributed by atoms with Gasteiger partial charge in [0.2, 0.25) is 0 Å². The molecule has 3 atom stereocenters. The van der Waals surface area contributed by atoms with Crippen molar-refractivity contribution in [2.75, 3.05) is 19.0 Å². The fraction of sp³-hybridized carbons (Fsp3) is 0.389. The van der Waals surface area contributed by atoms with Crippen molar-refractivity contribution in [1.82, 2.24) is 19.5 Å². The van der Waals surface area contributed by atoms with Crippen molar-refractivity contribution in [3.05, 3.63) is 36.4 Å². The Morgan fingerprint density at radius 2 is 2.18 bits per heavy atom. The standard InChI is InChI=1S/C18H21N5O5/c1-27-13-4-10(2-3-11(13)25)6-19-17-16-18(21-8-20-17)23(9-22-16)15-5-12(26)14(7-24)28-15/h2-4,8-9,12,14-15,24-26H,5-7H2,1H3,(H,19,20,21)/t12-,14-,15-/m1/s1. The van der Waals surface area contributed by atoms with Gasteiger partial charge in [-0.1, -0.05) is 6.07 Å². The average Bonchev–Trinajstić information content (AvgIpc) is 3.30. The Morgan fingerprint density at radius 3 is 2.93 bits per heavy atom. The van der Waals surface area contributed by atoms with E-state index in [9.17, 15) is 15.3 Å². The van der Waals surface area contributed by atoms with Crippen LogP contribution >= 0.6 is 0 Å². The lowest BCUT2D eigenvalue weighted by molar-refractivity contribution is -0.0432. The first kappa shape index (κ1) is 18.4. The number of anilines is 1. The second kappa shape index (κ2) is 7.58. The van der Waals surface area contributed by atoms with Crippen LogP contribution in [0.25, 0.3) is 11.2 Å². The Kier molecular flexibility index (Phi) is 4.99. The average molecular weight is 387 g/mol. The maximum absolute atomic E-state index is 9.97. The van der Waals surface area contributed by atoms with Crippen molar-refractivity contribution in [1.29, 1.82) is 0 Å². The molecule has 0 aliphatic carbocycles. The van der Waals surface area contributed by atoms with Gasteiger partial charge in [-0.15, -0.1) is 0 Å². The van der Waals surface area contributed by atoms with Gasteiger partial charge in [0, 0.05) is 13.0 Å². The molecule has 3 heterocycles. The number of fused-ring (bicyclic) bond motifs is 1. The molecule has 1 aromatic carbocycles. The molecule has 0 radical (unpaired) electrons. The molecule has 28 heavy (non-hydrogen) atoms. The molecular formula is C18H21N5O5. The Bertz CT molecular complexity index is 978. The lowest BCUT2D eigenvalue weighted by Gasteiger charge is -2.13. The number of ether oxygens (including phenoxy) is 2. The van der Waals surface area contributed by atoms with Crippen LogP contribution in [0.15, 0.2) is 30.9 Å². The Morgan fingerprint density at radius 1 is 1.32 bits per heavy atom. The highest BCUT2D eigenvalue weighted by atomic mass is 16.5. The van der Waals surface area contributed by atoms with Gasteiger partial charge >= 0.3 is 0 Å². The monoisotopic (exact) mass is 387 g/mol. The lowest BCUT2D eigenvalue weighted by atomic mass is 10.2. The quantitative estimate of drug-likeness (QED) is 0.484. The van der Waals surface area contributed by atoms with Crippen molar-refractivity contribution in [2.24, 2.45) is 0 Å². The molecule has 4 rings (SSSR count). The number of phenolic OH excluding ortho intramolecular Hbond substituents is 1. The zero-order valence-corrected chi connectivity index (χ0v) is 15.2. The van der Waals surface area contributed by atoms with Crippen LogP contribution in [0.2, 0.25) is 0 Å². The summed E-state index contributed by atoms with van der Waals surface area (Å²) < 4.78 is 12.5. The van der Waals surface area contributed by atoms with Crippen LogP contribution in [-0.4, -0.2) is 60.8 Å². The minimum atomic E-state index is -0.739. The number of rotatable bonds is 6. The van der Waals surface area contributed by atoms with Gasteiger partial charge in [0.25, 0.3) is 0 Å². The molecule has 10 nitrogen and oxygen atoms in total. The summed E-state index contributed by atoms with van der Waals surface area (Å²) in [6, 6.07) is 5.09. The van der Waals surface area contributed by atoms with E-state index in [4.69, 9.17) is 9.47 Å². The molecule has 0 spiro atoms. The van der Waals surface area contributed by atoms with Crippen molar-refractivity contribution in [3.8, 4) is 11.5 Å². The summed E-state index contributed by atoms with van der Waals surface area (Å²) in [5, 5.41) is 32.1. The number of hydrogen-bond acceptors (Lipinski definition) is 9. The van der Waals surface area contributed by atoms with Crippen molar-refractivity contribution in [2.45, 2.75) is 31.4 Å². The number of aromatic hydroxyl groups is 1. The third kappa shape index (κ3) is 3.33. The van der Waals surface area contributed by atoms with E-state index < -0.39 is 18.4 Å². The van der Waals surface area contributed by atoms with E-state index in [-0.39, 0.29) is 12.4 Å². The molecule has 1 saturated heterocycles. The Labute approximate surface area is 160 Å². The molecule has 10 heteroatoms. The minimum absolute atomic E-state index is 0.0781. The van der Waals surface area contributed by atoms with Crippen LogP contribution in [0.4, 0.5) is 5.82 Å². The first-order valence-corrected chi connectivity index (χ1v) is 8.82. The predicted octanol–water partition coefficient (Wildman–Crippen LogP) is 0.793. The van der Waals surface area contributed by atoms with Crippen LogP contribution < -0.4 is 10.1 Å². The Hall–Kier alpha value is -2.95. The highest BCUT2D eigenvalue weighted by Gasteiger charge is 2.35. The first-order chi connectivity index (χ1) is 13.6. The molecule has 148 valence electrons. The first-order valence-electron chi connectivity index (χ1n) is 8.82. The van der Waals surface area contributed by atoms with Gasteiger partial charge in [-0.05, 0) is 17.7 Å². The van der Waals surface area contributed by atoms with Crippen LogP contribution in [0.1, 0.15) is 18.2 Å². The van der Waals surface area contributed by atoms with Crippen LogP contribution in [0.5, 0.6) is 11.5 Å². The van der Waals surface area contributed by atoms with Crippen molar-refractivity contribution in [3.63, 3.8) is 0 Å². The summed E-state index contributed by atoms with van der Waals surface area (Å²) in [6.45, 7) is 0.197. The largest absolute Gasteiger partial charge is 0.504 e. The number of phenols is 1. The third-order valence-corrected chi connectivity index (χ3v) is 4.76. The van der Waals surface area contributed by atoms with Gasteiger partial charge < -0.3 is 30.1 Å². The van der Waals surface area contributed by atoms with Crippen molar-refractivity contribution < 1.29 is 24.8 Å². The lowest BCUT2D eigenvalue weighted by Crippen LogP contribution is -2.24. The molecule has 3 aromatic rings. The van der Waals surface area contributed by atoms with Gasteiger partial charge in [0.15, 0.2) is 28.5 Å². The highest BCUT2D eigenvalue weighted by Crippen LogP contribution is 2.32. The fourth-order valence-electron chi connectivity index (χ4n) is 3.26. The third-order valence-electron chi connectivity index (χ3n) is 4.76. The number of methoxy groups -OCH3 is 1. The number of imidazole rings is 1. The van der Waals surface area contributed by atoms with Gasteiger partial charge in [-0.3, -0.25) is 4.57 Å². The SMILES string of the molecule is COc1cc(CNc2ncnc3c2ncn3[C@H]2C[C@@H](O)[C@@H](CO)O2)ccc1O. The summed E-state index contributed by atoms with van der Waals surface area (Å²) in [7, 11) is 1.50. The summed E-state index contributed by atoms with van der Waals surface area (Å²) in [4.78, 5) is 12.9. The zero-order chi connectivity index (χ0) is 19.7. The Balaban J connectivity index is 1.55. The highest BCUT2D eigenvalue weighted by molar-refractivity contribution is 5.82. The van der Waals surface area contributed by atoms with E-state index in [1.54, 1.807) is 29.1 Å². The predicted molar refractivity (Wildman–Crippen MR) is 98.9 cm³/mol. The normalized spacial score (nSPS) is 21.9. The second-order valence-electron chi connectivity index (χ2n) is 6.52. The zero-order valence-electron chi connectivity index (χ0n) is 15.2. The maximum atomic E-state index is 9.97. The second-order valence-corrected chi connectivity index (χ2v) is 6.52. The topological polar surface area (TPSA) is 135 Å². The number of aromatic nitrogens is 4. The van der Waals surface area contributed by atoms with E-state index in [2.05, 4.69) is 20.3 Å². The molecular weight excluding hydrogens is 366 g/mol. The number of nitrogens with zero attached hydrogens (tertiary/aromatic N) is 4. The molecule has 0 amide bonds. The molecule has 0 unspecified atom stereocenters. The molecule has 0 saturated carbocycles. The molecule has 4 N–H and O–H groups in total.